The third kappa shape index (κ3) is 5.58. The molecular weight excluding hydrogens is 375 g/mol. The topological polar surface area (TPSA) is 88.9 Å². The van der Waals surface area contributed by atoms with E-state index < -0.39 is 28.8 Å². The molecule has 26 heavy (non-hydrogen) atoms. The third-order valence-corrected chi connectivity index (χ3v) is 3.60. The Morgan fingerprint density at radius 2 is 1.77 bits per heavy atom. The van der Waals surface area contributed by atoms with Gasteiger partial charge in [0, 0.05) is 13.1 Å². The average Bonchev–Trinajstić information content (AvgIpc) is 2.54. The van der Waals surface area contributed by atoms with Gasteiger partial charge in [-0.25, -0.2) is 9.59 Å². The summed E-state index contributed by atoms with van der Waals surface area (Å²) in [5.41, 5.74) is 5.83. The van der Waals surface area contributed by atoms with Crippen LogP contribution in [0.1, 0.15) is 32.3 Å². The summed E-state index contributed by atoms with van der Waals surface area (Å²) in [5.74, 6) is 0. The summed E-state index contributed by atoms with van der Waals surface area (Å²) >= 11 is 5.60. The number of hydrogen-bond acceptors (Lipinski definition) is 4. The number of hydrogen-bond donors (Lipinski definition) is 2. The maximum absolute atomic E-state index is 12.7. The van der Waals surface area contributed by atoms with Crippen LogP contribution in [0.3, 0.4) is 0 Å². The predicted octanol–water partition coefficient (Wildman–Crippen LogP) is 5.06. The quantitative estimate of drug-likeness (QED) is 0.522. The first-order chi connectivity index (χ1) is 12.1. The Labute approximate surface area is 153 Å². The van der Waals surface area contributed by atoms with Gasteiger partial charge in [-0.15, -0.1) is 0 Å². The van der Waals surface area contributed by atoms with Crippen molar-refractivity contribution >= 4 is 29.4 Å². The third-order valence-electron chi connectivity index (χ3n) is 3.28. The number of urea groups is 2. The molecule has 0 saturated carbocycles. The zero-order valence-electron chi connectivity index (χ0n) is 14.2. The Kier molecular flexibility index (Phi) is 7.81. The fraction of sp³-hybridized carbons (Fsp3) is 0.467. The van der Waals surface area contributed by atoms with Crippen LogP contribution in [0.2, 0.25) is 5.02 Å². The van der Waals surface area contributed by atoms with Crippen LogP contribution in [0.5, 0.6) is 0 Å². The van der Waals surface area contributed by atoms with Gasteiger partial charge in [0.2, 0.25) is 0 Å². The van der Waals surface area contributed by atoms with E-state index in [1.54, 1.807) is 0 Å². The number of carbonyl (C=O) groups is 2. The van der Waals surface area contributed by atoms with Crippen molar-refractivity contribution in [2.45, 2.75) is 32.9 Å². The van der Waals surface area contributed by atoms with Gasteiger partial charge < -0.3 is 4.90 Å². The lowest BCUT2D eigenvalue weighted by Crippen LogP contribution is -2.47. The summed E-state index contributed by atoms with van der Waals surface area (Å²) in [6, 6.07) is 0.712. The van der Waals surface area contributed by atoms with Crippen LogP contribution < -0.4 is 10.3 Å². The molecule has 0 spiro atoms. The minimum absolute atomic E-state index is 0.180. The van der Waals surface area contributed by atoms with Crippen LogP contribution in [0.15, 0.2) is 23.4 Å². The van der Waals surface area contributed by atoms with E-state index in [1.165, 1.54) is 4.90 Å². The number of amides is 4. The molecule has 7 nitrogen and oxygen atoms in total. The molecule has 0 aliphatic rings. The molecule has 0 aliphatic carbocycles. The minimum Gasteiger partial charge on any atom is -0.324 e. The Hall–Kier alpha value is -2.36. The standard InChI is InChI=1S/C15H19ClF3N5O2/c1-3-7-23(8-4-2)13(25)21-14(26)24(22-20)10-5-6-11(12(16)9-10)15(17,18)19/h5-6,9,20H,3-4,7-8H2,1-2H3,(H,21,25,26). The fourth-order valence-corrected chi connectivity index (χ4v) is 2.45. The van der Waals surface area contributed by atoms with E-state index >= 15 is 0 Å². The lowest BCUT2D eigenvalue weighted by Gasteiger charge is -2.23. The Morgan fingerprint density at radius 1 is 1.19 bits per heavy atom. The number of alkyl halides is 3. The molecule has 1 rings (SSSR count). The Bertz CT molecular complexity index is 663. The zero-order chi connectivity index (χ0) is 19.9. The SMILES string of the molecule is CCCN(CCC)C(=O)NC(=O)N(N=N)c1ccc(C(F)(F)F)c(Cl)c1. The maximum Gasteiger partial charge on any atom is 0.417 e. The van der Waals surface area contributed by atoms with Crippen LogP contribution >= 0.6 is 11.6 Å². The maximum atomic E-state index is 12.7. The van der Waals surface area contributed by atoms with Gasteiger partial charge in [-0.1, -0.05) is 30.7 Å². The smallest absolute Gasteiger partial charge is 0.324 e. The number of anilines is 1. The normalized spacial score (nSPS) is 11.0. The fourth-order valence-electron chi connectivity index (χ4n) is 2.16. The van der Waals surface area contributed by atoms with Gasteiger partial charge >= 0.3 is 18.2 Å². The zero-order valence-corrected chi connectivity index (χ0v) is 15.0. The molecule has 0 bridgehead atoms. The lowest BCUT2D eigenvalue weighted by atomic mass is 10.2. The van der Waals surface area contributed by atoms with Crippen molar-refractivity contribution < 1.29 is 22.8 Å². The molecule has 144 valence electrons. The molecule has 1 aromatic rings. The van der Waals surface area contributed by atoms with Crippen molar-refractivity contribution in [2.75, 3.05) is 18.1 Å². The largest absolute Gasteiger partial charge is 0.417 e. The van der Waals surface area contributed by atoms with E-state index in [1.807, 2.05) is 13.8 Å². The van der Waals surface area contributed by atoms with Crippen molar-refractivity contribution in [3.05, 3.63) is 28.8 Å². The molecule has 0 fully saturated rings. The molecule has 2 N–H and O–H groups in total. The van der Waals surface area contributed by atoms with Gasteiger partial charge in [0.25, 0.3) is 0 Å². The van der Waals surface area contributed by atoms with Gasteiger partial charge in [-0.05, 0) is 31.0 Å². The highest BCUT2D eigenvalue weighted by Gasteiger charge is 2.33. The van der Waals surface area contributed by atoms with Crippen molar-refractivity contribution in [3.8, 4) is 0 Å². The van der Waals surface area contributed by atoms with Gasteiger partial charge in [-0.2, -0.15) is 23.7 Å². The molecule has 1 aromatic carbocycles. The van der Waals surface area contributed by atoms with Gasteiger partial charge in [0.05, 0.1) is 16.3 Å². The second-order valence-corrected chi connectivity index (χ2v) is 5.70. The van der Waals surface area contributed by atoms with Crippen molar-refractivity contribution in [1.82, 2.24) is 10.2 Å². The summed E-state index contributed by atoms with van der Waals surface area (Å²) in [7, 11) is 0. The van der Waals surface area contributed by atoms with E-state index in [9.17, 15) is 22.8 Å². The molecule has 0 atom stereocenters. The molecule has 0 heterocycles. The first-order valence-electron chi connectivity index (χ1n) is 7.79. The molecule has 4 amide bonds. The highest BCUT2D eigenvalue weighted by Crippen LogP contribution is 2.36. The highest BCUT2D eigenvalue weighted by atomic mass is 35.5. The Morgan fingerprint density at radius 3 is 2.19 bits per heavy atom. The van der Waals surface area contributed by atoms with E-state index in [2.05, 4.69) is 10.5 Å². The van der Waals surface area contributed by atoms with Gasteiger partial charge in [0.1, 0.15) is 0 Å². The molecule has 0 aliphatic heterocycles. The molecule has 0 radical (unpaired) electrons. The van der Waals surface area contributed by atoms with Gasteiger partial charge in [0.15, 0.2) is 0 Å². The minimum atomic E-state index is -4.66. The lowest BCUT2D eigenvalue weighted by molar-refractivity contribution is -0.137. The molecule has 0 aromatic heterocycles. The number of imide groups is 1. The summed E-state index contributed by atoms with van der Waals surface area (Å²) in [6.45, 7) is 4.59. The molecule has 0 unspecified atom stereocenters. The van der Waals surface area contributed by atoms with Crippen LogP contribution in [0, 0.1) is 5.53 Å². The second-order valence-electron chi connectivity index (χ2n) is 5.30. The number of halogens is 4. The van der Waals surface area contributed by atoms with Crippen LogP contribution in [-0.2, 0) is 6.18 Å². The van der Waals surface area contributed by atoms with E-state index in [0.717, 1.165) is 12.1 Å². The van der Waals surface area contributed by atoms with Crippen LogP contribution in [-0.4, -0.2) is 30.1 Å². The van der Waals surface area contributed by atoms with Crippen molar-refractivity contribution in [2.24, 2.45) is 5.22 Å². The van der Waals surface area contributed by atoms with Crippen molar-refractivity contribution in [3.63, 3.8) is 0 Å². The van der Waals surface area contributed by atoms with E-state index in [4.69, 9.17) is 17.1 Å². The highest BCUT2D eigenvalue weighted by molar-refractivity contribution is 6.31. The number of nitrogens with one attached hydrogen (secondary N) is 2. The predicted molar refractivity (Wildman–Crippen MR) is 90.2 cm³/mol. The summed E-state index contributed by atoms with van der Waals surface area (Å²) in [4.78, 5) is 25.7. The summed E-state index contributed by atoms with van der Waals surface area (Å²) in [5, 5.41) is 4.81. The summed E-state index contributed by atoms with van der Waals surface area (Å²) < 4.78 is 38.2. The van der Waals surface area contributed by atoms with E-state index in [-0.39, 0.29) is 5.69 Å². The molecule has 11 heteroatoms. The molecule has 0 saturated heterocycles. The van der Waals surface area contributed by atoms with Crippen LogP contribution in [0.4, 0.5) is 28.4 Å². The Balaban J connectivity index is 2.97. The van der Waals surface area contributed by atoms with E-state index in [0.29, 0.717) is 37.0 Å². The first kappa shape index (κ1) is 21.7. The molecular formula is C15H19ClF3N5O2. The number of carbonyl (C=O) groups excluding carboxylic acids is 2. The number of benzene rings is 1. The summed E-state index contributed by atoms with van der Waals surface area (Å²) in [6.07, 6.45) is -3.29. The second kappa shape index (κ2) is 9.37. The van der Waals surface area contributed by atoms with Gasteiger partial charge in [-0.3, -0.25) is 5.32 Å². The average molecular weight is 394 g/mol. The van der Waals surface area contributed by atoms with Crippen LogP contribution in [0.25, 0.3) is 0 Å². The number of rotatable bonds is 6. The first-order valence-corrected chi connectivity index (χ1v) is 8.17. The monoisotopic (exact) mass is 393 g/mol. The number of nitrogens with zero attached hydrogens (tertiary/aromatic N) is 3. The van der Waals surface area contributed by atoms with Crippen molar-refractivity contribution in [1.29, 1.82) is 5.53 Å².